The lowest BCUT2D eigenvalue weighted by molar-refractivity contribution is 0.102. The van der Waals surface area contributed by atoms with Crippen molar-refractivity contribution in [3.05, 3.63) is 70.4 Å². The Morgan fingerprint density at radius 2 is 1.85 bits per heavy atom. The van der Waals surface area contributed by atoms with Crippen molar-refractivity contribution in [1.29, 1.82) is 0 Å². The fraction of sp³-hybridized carbons (Fsp3) is 0.111. The lowest BCUT2D eigenvalue weighted by Crippen LogP contribution is -2.05. The molecule has 0 atom stereocenters. The Morgan fingerprint density at radius 1 is 1.08 bits per heavy atom. The monoisotopic (exact) mass is 365 g/mol. The van der Waals surface area contributed by atoms with Crippen molar-refractivity contribution in [1.82, 2.24) is 24.7 Å². The third-order valence-electron chi connectivity index (χ3n) is 3.98. The van der Waals surface area contributed by atoms with Gasteiger partial charge < -0.3 is 9.97 Å². The zero-order valence-corrected chi connectivity index (χ0v) is 14.7. The van der Waals surface area contributed by atoms with Crippen molar-refractivity contribution in [3.63, 3.8) is 0 Å². The Balaban J connectivity index is 1.55. The summed E-state index contributed by atoms with van der Waals surface area (Å²) in [5, 5.41) is 8.97. The van der Waals surface area contributed by atoms with Crippen LogP contribution in [0.15, 0.2) is 58.5 Å². The zero-order valence-electron chi connectivity index (χ0n) is 13.9. The van der Waals surface area contributed by atoms with E-state index in [0.717, 1.165) is 11.5 Å². The van der Waals surface area contributed by atoms with Gasteiger partial charge in [0.05, 0.1) is 16.8 Å². The summed E-state index contributed by atoms with van der Waals surface area (Å²) in [4.78, 5) is 29.2. The van der Waals surface area contributed by atoms with Gasteiger partial charge in [0.2, 0.25) is 0 Å². The van der Waals surface area contributed by atoms with Gasteiger partial charge in [0, 0.05) is 11.3 Å². The number of aryl methyl sites for hydroxylation is 1. The van der Waals surface area contributed by atoms with Crippen LogP contribution in [0.4, 0.5) is 0 Å². The molecule has 2 heterocycles. The smallest absolute Gasteiger partial charge is 0.306 e. The van der Waals surface area contributed by atoms with Crippen molar-refractivity contribution in [2.45, 2.75) is 12.1 Å². The number of para-hydroxylation sites is 1. The molecule has 0 aliphatic rings. The summed E-state index contributed by atoms with van der Waals surface area (Å²) in [6.45, 7) is 1.88. The Bertz CT molecular complexity index is 1140. The summed E-state index contributed by atoms with van der Waals surface area (Å²) < 4.78 is 1.92. The number of hydrogen-bond donors (Lipinski definition) is 2. The number of nitrogens with one attached hydrogen (secondary N) is 2. The highest BCUT2D eigenvalue weighted by molar-refractivity contribution is 7.99. The van der Waals surface area contributed by atoms with Crippen LogP contribution in [0, 0.1) is 6.92 Å². The number of rotatable bonds is 5. The number of Topliss-reactive ketones (excluding diaryl/α,β-unsaturated/α-hetero) is 1. The summed E-state index contributed by atoms with van der Waals surface area (Å²) in [5.74, 6) is 0.946. The molecule has 26 heavy (non-hydrogen) atoms. The molecule has 4 rings (SSSR count). The SMILES string of the molecule is Cc1nnc(SCC(=O)c2ccc3[nH]c(=O)[nH]c3c2)n1-c1ccccc1. The maximum Gasteiger partial charge on any atom is 0.323 e. The van der Waals surface area contributed by atoms with Gasteiger partial charge in [0.1, 0.15) is 5.82 Å². The van der Waals surface area contributed by atoms with E-state index in [4.69, 9.17) is 0 Å². The summed E-state index contributed by atoms with van der Waals surface area (Å²) in [6, 6.07) is 14.9. The van der Waals surface area contributed by atoms with Gasteiger partial charge in [-0.05, 0) is 37.3 Å². The van der Waals surface area contributed by atoms with Gasteiger partial charge in [-0.3, -0.25) is 9.36 Å². The first-order valence-corrected chi connectivity index (χ1v) is 8.96. The molecule has 2 aromatic carbocycles. The van der Waals surface area contributed by atoms with Gasteiger partial charge >= 0.3 is 5.69 Å². The standard InChI is InChI=1S/C18H15N5O2S/c1-11-21-22-18(23(11)13-5-3-2-4-6-13)26-10-16(24)12-7-8-14-15(9-12)20-17(25)19-14/h2-9H,10H2,1H3,(H2,19,20,25). The minimum atomic E-state index is -0.287. The Labute approximate surface area is 152 Å². The van der Waals surface area contributed by atoms with Gasteiger partial charge in [-0.2, -0.15) is 0 Å². The highest BCUT2D eigenvalue weighted by Crippen LogP contribution is 2.23. The van der Waals surface area contributed by atoms with Crippen LogP contribution < -0.4 is 5.69 Å². The number of nitrogens with zero attached hydrogens (tertiary/aromatic N) is 3. The van der Waals surface area contributed by atoms with E-state index in [2.05, 4.69) is 20.2 Å². The van der Waals surface area contributed by atoms with Gasteiger partial charge in [-0.25, -0.2) is 4.79 Å². The van der Waals surface area contributed by atoms with Crippen LogP contribution in [0.3, 0.4) is 0 Å². The molecule has 0 saturated carbocycles. The van der Waals surface area contributed by atoms with Crippen LogP contribution in [-0.2, 0) is 0 Å². The number of aromatic nitrogens is 5. The number of carbonyl (C=O) groups is 1. The lowest BCUT2D eigenvalue weighted by atomic mass is 10.1. The van der Waals surface area contributed by atoms with Crippen molar-refractivity contribution in [2.75, 3.05) is 5.75 Å². The molecule has 0 aliphatic heterocycles. The molecule has 8 heteroatoms. The Hall–Kier alpha value is -3.13. The Morgan fingerprint density at radius 3 is 2.65 bits per heavy atom. The third kappa shape index (κ3) is 3.06. The number of benzene rings is 2. The highest BCUT2D eigenvalue weighted by atomic mass is 32.2. The van der Waals surface area contributed by atoms with Crippen molar-refractivity contribution < 1.29 is 4.79 Å². The molecule has 7 nitrogen and oxygen atoms in total. The van der Waals surface area contributed by atoms with Crippen molar-refractivity contribution >= 4 is 28.6 Å². The molecular weight excluding hydrogens is 350 g/mol. The van der Waals surface area contributed by atoms with Gasteiger partial charge in [0.25, 0.3) is 0 Å². The minimum absolute atomic E-state index is 0.0424. The molecule has 130 valence electrons. The first kappa shape index (κ1) is 16.3. The zero-order chi connectivity index (χ0) is 18.1. The van der Waals surface area contributed by atoms with Gasteiger partial charge in [0.15, 0.2) is 10.9 Å². The molecular formula is C18H15N5O2S. The van der Waals surface area contributed by atoms with E-state index in [9.17, 15) is 9.59 Å². The molecule has 2 aromatic heterocycles. The summed E-state index contributed by atoms with van der Waals surface area (Å²) in [7, 11) is 0. The number of hydrogen-bond acceptors (Lipinski definition) is 5. The van der Waals surface area contributed by atoms with E-state index >= 15 is 0 Å². The second-order valence-corrected chi connectivity index (χ2v) is 6.69. The first-order chi connectivity index (χ1) is 12.6. The third-order valence-corrected chi connectivity index (χ3v) is 4.91. The number of imidazole rings is 1. The van der Waals surface area contributed by atoms with Crippen LogP contribution >= 0.6 is 11.8 Å². The molecule has 0 fully saturated rings. The number of H-pyrrole nitrogens is 2. The number of fused-ring (bicyclic) bond motifs is 1. The molecule has 0 spiro atoms. The largest absolute Gasteiger partial charge is 0.323 e. The van der Waals surface area contributed by atoms with Gasteiger partial charge in [-0.15, -0.1) is 10.2 Å². The average Bonchev–Trinajstić information content (AvgIpc) is 3.21. The van der Waals surface area contributed by atoms with Gasteiger partial charge in [-0.1, -0.05) is 30.0 Å². The number of ketones is 1. The van der Waals surface area contributed by atoms with E-state index in [1.165, 1.54) is 11.8 Å². The molecule has 0 aliphatic carbocycles. The van der Waals surface area contributed by atoms with E-state index in [1.807, 2.05) is 41.8 Å². The van der Waals surface area contributed by atoms with Crippen molar-refractivity contribution in [3.8, 4) is 5.69 Å². The van der Waals surface area contributed by atoms with Crippen LogP contribution in [0.25, 0.3) is 16.7 Å². The molecule has 0 bridgehead atoms. The summed E-state index contributed by atoms with van der Waals surface area (Å²) in [5.41, 5.74) is 2.51. The van der Waals surface area contributed by atoms with E-state index in [1.54, 1.807) is 18.2 Å². The van der Waals surface area contributed by atoms with E-state index < -0.39 is 0 Å². The maximum atomic E-state index is 12.5. The Kier molecular flexibility index (Phi) is 4.18. The fourth-order valence-electron chi connectivity index (χ4n) is 2.73. The summed E-state index contributed by atoms with van der Waals surface area (Å²) in [6.07, 6.45) is 0. The maximum absolute atomic E-state index is 12.5. The van der Waals surface area contributed by atoms with Crippen LogP contribution in [-0.4, -0.2) is 36.3 Å². The van der Waals surface area contributed by atoms with E-state index in [-0.39, 0.29) is 17.2 Å². The first-order valence-electron chi connectivity index (χ1n) is 7.97. The van der Waals surface area contributed by atoms with Crippen molar-refractivity contribution in [2.24, 2.45) is 0 Å². The second kappa shape index (κ2) is 6.64. The van der Waals surface area contributed by atoms with Crippen LogP contribution in [0.2, 0.25) is 0 Å². The molecule has 0 amide bonds. The molecule has 4 aromatic rings. The predicted octanol–water partition coefficient (Wildman–Crippen LogP) is 2.72. The minimum Gasteiger partial charge on any atom is -0.306 e. The summed E-state index contributed by atoms with van der Waals surface area (Å²) >= 11 is 1.34. The normalized spacial score (nSPS) is 11.1. The fourth-order valence-corrected chi connectivity index (χ4v) is 3.62. The van der Waals surface area contributed by atoms with Crippen LogP contribution in [0.1, 0.15) is 16.2 Å². The average molecular weight is 365 g/mol. The number of carbonyl (C=O) groups excluding carboxylic acids is 1. The predicted molar refractivity (Wildman–Crippen MR) is 100 cm³/mol. The number of thioether (sulfide) groups is 1. The molecule has 2 N–H and O–H groups in total. The lowest BCUT2D eigenvalue weighted by Gasteiger charge is -2.07. The van der Waals surface area contributed by atoms with Crippen LogP contribution in [0.5, 0.6) is 0 Å². The number of aromatic amines is 2. The topological polar surface area (TPSA) is 96.4 Å². The molecule has 0 saturated heterocycles. The quantitative estimate of drug-likeness (QED) is 0.419. The second-order valence-electron chi connectivity index (χ2n) is 5.75. The molecule has 0 unspecified atom stereocenters. The molecule has 0 radical (unpaired) electrons. The van der Waals surface area contributed by atoms with E-state index in [0.29, 0.717) is 21.8 Å². The highest BCUT2D eigenvalue weighted by Gasteiger charge is 2.14.